The maximum atomic E-state index is 5.95. The molecule has 0 atom stereocenters. The molecule has 0 aliphatic heterocycles. The fraction of sp³-hybridized carbons (Fsp3) is 0.500. The van der Waals surface area contributed by atoms with Crippen LogP contribution in [0.2, 0.25) is 0 Å². The summed E-state index contributed by atoms with van der Waals surface area (Å²) < 4.78 is 2.05. The highest BCUT2D eigenvalue weighted by molar-refractivity contribution is 5.65. The van der Waals surface area contributed by atoms with Crippen molar-refractivity contribution in [3.8, 4) is 0 Å². The zero-order valence-electron chi connectivity index (χ0n) is 10.4. The fourth-order valence-electron chi connectivity index (χ4n) is 1.43. The second-order valence-electron chi connectivity index (χ2n) is 3.47. The van der Waals surface area contributed by atoms with Gasteiger partial charge in [-0.2, -0.15) is 0 Å². The van der Waals surface area contributed by atoms with Crippen molar-refractivity contribution >= 4 is 11.9 Å². The first-order chi connectivity index (χ1) is 7.07. The van der Waals surface area contributed by atoms with Crippen LogP contribution in [0.25, 0.3) is 6.08 Å². The molecule has 3 heteroatoms. The van der Waals surface area contributed by atoms with E-state index in [0.717, 1.165) is 16.9 Å². The Kier molecular flexibility index (Phi) is 5.60. The smallest absolute Gasteiger partial charge is 0.111 e. The van der Waals surface area contributed by atoms with Gasteiger partial charge < -0.3 is 16.0 Å². The number of anilines is 1. The number of hydrogen-bond acceptors (Lipinski definition) is 2. The minimum absolute atomic E-state index is 0.388. The van der Waals surface area contributed by atoms with Crippen molar-refractivity contribution in [2.24, 2.45) is 5.73 Å². The Hall–Kier alpha value is -1.38. The lowest BCUT2D eigenvalue weighted by atomic mass is 10.2. The summed E-state index contributed by atoms with van der Waals surface area (Å²) in [7, 11) is 0. The van der Waals surface area contributed by atoms with E-state index in [4.69, 9.17) is 11.5 Å². The maximum absolute atomic E-state index is 5.95. The summed E-state index contributed by atoms with van der Waals surface area (Å²) >= 11 is 0. The second-order valence-corrected chi connectivity index (χ2v) is 3.47. The van der Waals surface area contributed by atoms with Gasteiger partial charge in [0.1, 0.15) is 5.82 Å². The Morgan fingerprint density at radius 1 is 1.33 bits per heavy atom. The van der Waals surface area contributed by atoms with Crippen LogP contribution < -0.4 is 11.5 Å². The number of nitrogen functional groups attached to an aromatic ring is 1. The maximum Gasteiger partial charge on any atom is 0.111 e. The SMILES string of the molecule is CC.Cc1cn(C(C)C)c(N)c1/C=C\N. The molecule has 0 amide bonds. The number of aromatic nitrogens is 1. The van der Waals surface area contributed by atoms with E-state index in [9.17, 15) is 0 Å². The average Bonchev–Trinajstić information content (AvgIpc) is 2.49. The van der Waals surface area contributed by atoms with Crippen molar-refractivity contribution in [3.05, 3.63) is 23.5 Å². The average molecular weight is 209 g/mol. The summed E-state index contributed by atoms with van der Waals surface area (Å²) in [6.45, 7) is 10.2. The summed E-state index contributed by atoms with van der Waals surface area (Å²) in [5.74, 6) is 0.786. The van der Waals surface area contributed by atoms with E-state index in [-0.39, 0.29) is 0 Å². The Morgan fingerprint density at radius 3 is 2.20 bits per heavy atom. The number of aryl methyl sites for hydroxylation is 1. The Bertz CT molecular complexity index is 322. The van der Waals surface area contributed by atoms with Gasteiger partial charge in [0, 0.05) is 17.8 Å². The van der Waals surface area contributed by atoms with Crippen LogP contribution >= 0.6 is 0 Å². The van der Waals surface area contributed by atoms with Crippen molar-refractivity contribution in [3.63, 3.8) is 0 Å². The van der Waals surface area contributed by atoms with Crippen LogP contribution in [0.15, 0.2) is 12.4 Å². The van der Waals surface area contributed by atoms with Gasteiger partial charge in [0.25, 0.3) is 0 Å². The van der Waals surface area contributed by atoms with Gasteiger partial charge in [-0.05, 0) is 38.6 Å². The van der Waals surface area contributed by atoms with E-state index in [1.807, 2.05) is 31.4 Å². The molecule has 86 valence electrons. The molecule has 1 rings (SSSR count). The lowest BCUT2D eigenvalue weighted by Crippen LogP contribution is -2.04. The predicted molar refractivity (Wildman–Crippen MR) is 68.5 cm³/mol. The number of rotatable bonds is 2. The van der Waals surface area contributed by atoms with Crippen LogP contribution in [0.5, 0.6) is 0 Å². The first-order valence-corrected chi connectivity index (χ1v) is 5.43. The van der Waals surface area contributed by atoms with Crippen molar-refractivity contribution in [2.45, 2.75) is 40.7 Å². The zero-order chi connectivity index (χ0) is 12.0. The summed E-state index contributed by atoms with van der Waals surface area (Å²) in [4.78, 5) is 0. The summed E-state index contributed by atoms with van der Waals surface area (Å²) in [5, 5.41) is 0. The molecule has 0 radical (unpaired) electrons. The molecule has 0 aliphatic rings. The van der Waals surface area contributed by atoms with Crippen molar-refractivity contribution in [2.75, 3.05) is 5.73 Å². The van der Waals surface area contributed by atoms with Crippen molar-refractivity contribution < 1.29 is 0 Å². The molecule has 0 unspecified atom stereocenters. The van der Waals surface area contributed by atoms with Crippen LogP contribution in [0, 0.1) is 6.92 Å². The van der Waals surface area contributed by atoms with E-state index in [2.05, 4.69) is 20.0 Å². The van der Waals surface area contributed by atoms with Gasteiger partial charge in [0.05, 0.1) is 0 Å². The molecule has 0 spiro atoms. The Morgan fingerprint density at radius 2 is 1.87 bits per heavy atom. The minimum Gasteiger partial charge on any atom is -0.405 e. The molecule has 0 saturated carbocycles. The summed E-state index contributed by atoms with van der Waals surface area (Å²) in [5.41, 5.74) is 13.5. The molecule has 0 aromatic carbocycles. The molecular weight excluding hydrogens is 186 g/mol. The monoisotopic (exact) mass is 209 g/mol. The van der Waals surface area contributed by atoms with Gasteiger partial charge in [0.15, 0.2) is 0 Å². The van der Waals surface area contributed by atoms with Crippen LogP contribution in [0.4, 0.5) is 5.82 Å². The zero-order valence-corrected chi connectivity index (χ0v) is 10.4. The van der Waals surface area contributed by atoms with Gasteiger partial charge in [-0.3, -0.25) is 0 Å². The summed E-state index contributed by atoms with van der Waals surface area (Å²) in [6, 6.07) is 0.388. The molecule has 0 aliphatic carbocycles. The lowest BCUT2D eigenvalue weighted by Gasteiger charge is -2.09. The Labute approximate surface area is 92.8 Å². The third-order valence-corrected chi connectivity index (χ3v) is 2.13. The topological polar surface area (TPSA) is 57.0 Å². The first kappa shape index (κ1) is 13.6. The number of nitrogens with two attached hydrogens (primary N) is 2. The van der Waals surface area contributed by atoms with Crippen LogP contribution in [0.3, 0.4) is 0 Å². The molecule has 1 aromatic heterocycles. The fourth-order valence-corrected chi connectivity index (χ4v) is 1.43. The highest BCUT2D eigenvalue weighted by atomic mass is 15.1. The molecular formula is C12H23N3. The number of hydrogen-bond donors (Lipinski definition) is 2. The molecule has 0 fully saturated rings. The third-order valence-electron chi connectivity index (χ3n) is 2.13. The van der Waals surface area contributed by atoms with Gasteiger partial charge in [0.2, 0.25) is 0 Å². The van der Waals surface area contributed by atoms with E-state index in [0.29, 0.717) is 6.04 Å². The minimum atomic E-state index is 0.388. The van der Waals surface area contributed by atoms with E-state index < -0.39 is 0 Å². The van der Waals surface area contributed by atoms with E-state index in [1.54, 1.807) is 0 Å². The lowest BCUT2D eigenvalue weighted by molar-refractivity contribution is 0.611. The molecule has 15 heavy (non-hydrogen) atoms. The van der Waals surface area contributed by atoms with Gasteiger partial charge in [-0.25, -0.2) is 0 Å². The predicted octanol–water partition coefficient (Wildman–Crippen LogP) is 2.92. The highest BCUT2D eigenvalue weighted by Gasteiger charge is 2.09. The largest absolute Gasteiger partial charge is 0.405 e. The van der Waals surface area contributed by atoms with Crippen LogP contribution in [-0.4, -0.2) is 4.57 Å². The van der Waals surface area contributed by atoms with Gasteiger partial charge in [-0.15, -0.1) is 0 Å². The van der Waals surface area contributed by atoms with Crippen LogP contribution in [0.1, 0.15) is 44.9 Å². The Balaban J connectivity index is 0.000000921. The molecule has 1 heterocycles. The third kappa shape index (κ3) is 3.05. The second kappa shape index (κ2) is 6.17. The van der Waals surface area contributed by atoms with Crippen LogP contribution in [-0.2, 0) is 0 Å². The molecule has 3 nitrogen and oxygen atoms in total. The van der Waals surface area contributed by atoms with Crippen molar-refractivity contribution in [1.29, 1.82) is 0 Å². The standard InChI is InChI=1S/C10H17N3.C2H6/c1-7(2)13-6-8(3)9(4-5-11)10(13)12;1-2/h4-7H,11-12H2,1-3H3;1-2H3/b5-4-;. The molecule has 0 saturated heterocycles. The van der Waals surface area contributed by atoms with E-state index in [1.165, 1.54) is 6.20 Å². The van der Waals surface area contributed by atoms with Gasteiger partial charge in [-0.1, -0.05) is 13.8 Å². The van der Waals surface area contributed by atoms with Crippen molar-refractivity contribution in [1.82, 2.24) is 4.57 Å². The molecule has 1 aromatic rings. The normalized spacial score (nSPS) is 10.5. The number of nitrogens with zero attached hydrogens (tertiary/aromatic N) is 1. The first-order valence-electron chi connectivity index (χ1n) is 5.43. The molecule has 4 N–H and O–H groups in total. The summed E-state index contributed by atoms with van der Waals surface area (Å²) in [6.07, 6.45) is 5.40. The highest BCUT2D eigenvalue weighted by Crippen LogP contribution is 2.23. The van der Waals surface area contributed by atoms with E-state index >= 15 is 0 Å². The quantitative estimate of drug-likeness (QED) is 0.786. The van der Waals surface area contributed by atoms with Gasteiger partial charge >= 0.3 is 0 Å². The molecule has 0 bridgehead atoms.